The maximum atomic E-state index is 11.3. The van der Waals surface area contributed by atoms with Crippen LogP contribution in [0.1, 0.15) is 23.0 Å². The highest BCUT2D eigenvalue weighted by atomic mass is 16.6. The zero-order valence-corrected chi connectivity index (χ0v) is 10.2. The number of furan rings is 1. The lowest BCUT2D eigenvalue weighted by Crippen LogP contribution is -2.01. The molecule has 0 N–H and O–H groups in total. The van der Waals surface area contributed by atoms with Gasteiger partial charge in [-0.3, -0.25) is 14.9 Å². The van der Waals surface area contributed by atoms with Crippen molar-refractivity contribution in [3.8, 4) is 5.75 Å². The van der Waals surface area contributed by atoms with Crippen LogP contribution in [0.25, 0.3) is 0 Å². The van der Waals surface area contributed by atoms with E-state index in [-0.39, 0.29) is 23.6 Å². The Kier molecular flexibility index (Phi) is 3.61. The van der Waals surface area contributed by atoms with Gasteiger partial charge in [-0.15, -0.1) is 0 Å². The zero-order valence-electron chi connectivity index (χ0n) is 10.2. The lowest BCUT2D eigenvalue weighted by Gasteiger charge is -2.05. The Labute approximate surface area is 108 Å². The summed E-state index contributed by atoms with van der Waals surface area (Å²) in [6.07, 6.45) is 1.51. The van der Waals surface area contributed by atoms with Gasteiger partial charge in [0.2, 0.25) is 0 Å². The van der Waals surface area contributed by atoms with Crippen molar-refractivity contribution in [1.82, 2.24) is 0 Å². The van der Waals surface area contributed by atoms with Crippen molar-refractivity contribution >= 4 is 11.5 Å². The van der Waals surface area contributed by atoms with Crippen molar-refractivity contribution in [2.45, 2.75) is 13.5 Å². The van der Waals surface area contributed by atoms with Gasteiger partial charge in [-0.2, -0.15) is 0 Å². The van der Waals surface area contributed by atoms with E-state index in [2.05, 4.69) is 0 Å². The smallest absolute Gasteiger partial charge is 0.283 e. The Hall–Kier alpha value is -2.63. The van der Waals surface area contributed by atoms with E-state index in [1.807, 2.05) is 0 Å². The molecule has 0 spiro atoms. The average molecular weight is 261 g/mol. The minimum absolute atomic E-state index is 0.0651. The molecule has 0 saturated heterocycles. The van der Waals surface area contributed by atoms with Crippen LogP contribution >= 0.6 is 0 Å². The molecule has 19 heavy (non-hydrogen) atoms. The highest BCUT2D eigenvalue weighted by Gasteiger charge is 2.18. The molecular formula is C13H11NO5. The molecule has 0 amide bonds. The van der Waals surface area contributed by atoms with Crippen LogP contribution in [0, 0.1) is 10.1 Å². The van der Waals surface area contributed by atoms with Gasteiger partial charge in [0, 0.05) is 0 Å². The van der Waals surface area contributed by atoms with E-state index in [4.69, 9.17) is 9.15 Å². The van der Waals surface area contributed by atoms with Crippen molar-refractivity contribution < 1.29 is 18.9 Å². The molecule has 0 aliphatic heterocycles. The van der Waals surface area contributed by atoms with Crippen molar-refractivity contribution in [2.75, 3.05) is 0 Å². The van der Waals surface area contributed by atoms with Gasteiger partial charge in [0.15, 0.2) is 5.78 Å². The predicted molar refractivity (Wildman–Crippen MR) is 66.1 cm³/mol. The van der Waals surface area contributed by atoms with Crippen LogP contribution in [0.5, 0.6) is 5.75 Å². The van der Waals surface area contributed by atoms with E-state index in [9.17, 15) is 14.9 Å². The molecule has 2 rings (SSSR count). The summed E-state index contributed by atoms with van der Waals surface area (Å²) in [5.74, 6) is 0.565. The van der Waals surface area contributed by atoms with Crippen LogP contribution in [-0.4, -0.2) is 10.7 Å². The Morgan fingerprint density at radius 2 is 2.21 bits per heavy atom. The Balaban J connectivity index is 2.20. The molecule has 0 radical (unpaired) electrons. The van der Waals surface area contributed by atoms with Crippen LogP contribution in [0.4, 0.5) is 5.69 Å². The molecule has 6 nitrogen and oxygen atoms in total. The first-order valence-electron chi connectivity index (χ1n) is 5.52. The highest BCUT2D eigenvalue weighted by Crippen LogP contribution is 2.25. The zero-order chi connectivity index (χ0) is 13.8. The number of hydrogen-bond donors (Lipinski definition) is 0. The van der Waals surface area contributed by atoms with Gasteiger partial charge in [0.25, 0.3) is 5.69 Å². The number of carbonyl (C=O) groups excluding carboxylic acids is 1. The molecule has 98 valence electrons. The lowest BCUT2D eigenvalue weighted by atomic mass is 10.1. The largest absolute Gasteiger partial charge is 0.485 e. The van der Waals surface area contributed by atoms with E-state index in [1.54, 1.807) is 12.1 Å². The fourth-order valence-electron chi connectivity index (χ4n) is 1.60. The van der Waals surface area contributed by atoms with Gasteiger partial charge in [-0.25, -0.2) is 0 Å². The molecule has 0 atom stereocenters. The minimum Gasteiger partial charge on any atom is -0.485 e. The molecular weight excluding hydrogens is 250 g/mol. The van der Waals surface area contributed by atoms with Gasteiger partial charge in [-0.05, 0) is 31.2 Å². The SMILES string of the molecule is CC(=O)c1ccc(OCc2ccco2)cc1[N+](=O)[O-]. The molecule has 0 saturated carbocycles. The molecule has 1 aromatic carbocycles. The van der Waals surface area contributed by atoms with Crippen LogP contribution in [0.2, 0.25) is 0 Å². The third-order valence-corrected chi connectivity index (χ3v) is 2.51. The van der Waals surface area contributed by atoms with Crippen LogP contribution in [0.15, 0.2) is 41.0 Å². The van der Waals surface area contributed by atoms with Gasteiger partial charge in [0.05, 0.1) is 22.8 Å². The second-order valence-corrected chi connectivity index (χ2v) is 3.86. The van der Waals surface area contributed by atoms with Crippen LogP contribution < -0.4 is 4.74 Å². The van der Waals surface area contributed by atoms with Crippen molar-refractivity contribution in [1.29, 1.82) is 0 Å². The second-order valence-electron chi connectivity index (χ2n) is 3.86. The fraction of sp³-hybridized carbons (Fsp3) is 0.154. The topological polar surface area (TPSA) is 82.6 Å². The van der Waals surface area contributed by atoms with Crippen molar-refractivity contribution in [3.63, 3.8) is 0 Å². The van der Waals surface area contributed by atoms with E-state index in [0.29, 0.717) is 11.5 Å². The summed E-state index contributed by atoms with van der Waals surface area (Å²) in [5.41, 5.74) is -0.195. The molecule has 1 heterocycles. The Morgan fingerprint density at radius 1 is 1.42 bits per heavy atom. The average Bonchev–Trinajstić information content (AvgIpc) is 2.88. The highest BCUT2D eigenvalue weighted by molar-refractivity contribution is 5.98. The number of carbonyl (C=O) groups is 1. The summed E-state index contributed by atoms with van der Waals surface area (Å²) < 4.78 is 10.4. The van der Waals surface area contributed by atoms with Gasteiger partial charge < -0.3 is 9.15 Å². The van der Waals surface area contributed by atoms with Crippen molar-refractivity contribution in [2.24, 2.45) is 0 Å². The number of Topliss-reactive ketones (excluding diaryl/α,β-unsaturated/α-hetero) is 1. The van der Waals surface area contributed by atoms with Crippen LogP contribution in [-0.2, 0) is 6.61 Å². The van der Waals surface area contributed by atoms with E-state index in [0.717, 1.165) is 0 Å². The first-order chi connectivity index (χ1) is 9.08. The van der Waals surface area contributed by atoms with Gasteiger partial charge >= 0.3 is 0 Å². The Morgan fingerprint density at radius 3 is 2.79 bits per heavy atom. The molecule has 0 aliphatic rings. The molecule has 2 aromatic rings. The standard InChI is InChI=1S/C13H11NO5/c1-9(15)12-5-4-10(7-13(12)14(16)17)19-8-11-3-2-6-18-11/h2-7H,8H2,1H3. The first kappa shape index (κ1) is 12.8. The normalized spacial score (nSPS) is 10.2. The summed E-state index contributed by atoms with van der Waals surface area (Å²) >= 11 is 0. The summed E-state index contributed by atoms with van der Waals surface area (Å²) in [7, 11) is 0. The maximum Gasteiger partial charge on any atom is 0.283 e. The monoisotopic (exact) mass is 261 g/mol. The Bertz CT molecular complexity index is 604. The summed E-state index contributed by atoms with van der Waals surface area (Å²) in [6.45, 7) is 1.45. The first-order valence-corrected chi connectivity index (χ1v) is 5.52. The summed E-state index contributed by atoms with van der Waals surface area (Å²) in [5, 5.41) is 10.9. The van der Waals surface area contributed by atoms with Crippen LogP contribution in [0.3, 0.4) is 0 Å². The number of nitrogens with zero attached hydrogens (tertiary/aromatic N) is 1. The minimum atomic E-state index is -0.601. The summed E-state index contributed by atoms with van der Waals surface area (Å²) in [6, 6.07) is 7.60. The number of nitro benzene ring substituents is 1. The number of ether oxygens (including phenoxy) is 1. The molecule has 1 aromatic heterocycles. The summed E-state index contributed by atoms with van der Waals surface area (Å²) in [4.78, 5) is 21.6. The number of ketones is 1. The lowest BCUT2D eigenvalue weighted by molar-refractivity contribution is -0.385. The number of benzene rings is 1. The number of nitro groups is 1. The third-order valence-electron chi connectivity index (χ3n) is 2.51. The van der Waals surface area contributed by atoms with E-state index in [1.165, 1.54) is 31.4 Å². The second kappa shape index (κ2) is 5.34. The number of rotatable bonds is 5. The van der Waals surface area contributed by atoms with Gasteiger partial charge in [0.1, 0.15) is 18.1 Å². The van der Waals surface area contributed by atoms with E-state index < -0.39 is 4.92 Å². The molecule has 0 bridgehead atoms. The molecule has 0 aliphatic carbocycles. The molecule has 0 unspecified atom stereocenters. The fourth-order valence-corrected chi connectivity index (χ4v) is 1.60. The maximum absolute atomic E-state index is 11.3. The van der Waals surface area contributed by atoms with E-state index >= 15 is 0 Å². The predicted octanol–water partition coefficient (Wildman–Crippen LogP) is 2.97. The van der Waals surface area contributed by atoms with Crippen molar-refractivity contribution in [3.05, 3.63) is 58.0 Å². The third kappa shape index (κ3) is 2.98. The molecule has 6 heteroatoms. The quantitative estimate of drug-likeness (QED) is 0.469. The molecule has 0 fully saturated rings. The number of hydrogen-bond acceptors (Lipinski definition) is 5. The van der Waals surface area contributed by atoms with Gasteiger partial charge in [-0.1, -0.05) is 0 Å².